The molecule has 3 aromatic rings. The second kappa shape index (κ2) is 10.2. The van der Waals surface area contributed by atoms with Crippen molar-refractivity contribution >= 4 is 39.0 Å². The summed E-state index contributed by atoms with van der Waals surface area (Å²) in [5.41, 5.74) is 1.79. The summed E-state index contributed by atoms with van der Waals surface area (Å²) in [4.78, 5) is 24.0. The molecule has 0 unspecified atom stereocenters. The van der Waals surface area contributed by atoms with Crippen molar-refractivity contribution in [3.8, 4) is 11.5 Å². The summed E-state index contributed by atoms with van der Waals surface area (Å²) in [6, 6.07) is 17.7. The van der Waals surface area contributed by atoms with E-state index in [1.54, 1.807) is 24.3 Å². The number of nitrogens with one attached hydrogen (secondary N) is 1. The van der Waals surface area contributed by atoms with E-state index >= 15 is 0 Å². The highest BCUT2D eigenvalue weighted by molar-refractivity contribution is 7.89. The number of carbonyl (C=O) groups excluding carboxylic acids is 2. The Kier molecular flexibility index (Phi) is 7.53. The molecule has 7 nitrogen and oxygen atoms in total. The Morgan fingerprint density at radius 1 is 1.00 bits per heavy atom. The molecule has 9 heteroatoms. The lowest BCUT2D eigenvalue weighted by Crippen LogP contribution is -2.35. The molecular weight excluding hydrogens is 464 g/mol. The van der Waals surface area contributed by atoms with Crippen molar-refractivity contribution < 1.29 is 22.7 Å². The second-order valence-corrected chi connectivity index (χ2v) is 9.93. The van der Waals surface area contributed by atoms with Crippen LogP contribution in [0.5, 0.6) is 11.5 Å². The lowest BCUT2D eigenvalue weighted by molar-refractivity contribution is -0.116. The fourth-order valence-electron chi connectivity index (χ4n) is 2.94. The number of Topliss-reactive ketones (excluding diaryl/α,β-unsaturated/α-hetero) is 1. The molecule has 0 saturated carbocycles. The highest BCUT2D eigenvalue weighted by Gasteiger charge is 2.23. The van der Waals surface area contributed by atoms with Crippen molar-refractivity contribution in [2.75, 3.05) is 18.9 Å². The average molecular weight is 487 g/mol. The Bertz CT molecular complexity index is 1270. The number of hydrogen-bond acceptors (Lipinski definition) is 5. The molecule has 0 aromatic heterocycles. The molecule has 0 fully saturated rings. The van der Waals surface area contributed by atoms with Crippen LogP contribution >= 0.6 is 11.6 Å². The molecule has 0 aliphatic carbocycles. The number of benzene rings is 3. The van der Waals surface area contributed by atoms with Crippen molar-refractivity contribution in [1.82, 2.24) is 4.31 Å². The zero-order valence-corrected chi connectivity index (χ0v) is 19.9. The van der Waals surface area contributed by atoms with Gasteiger partial charge in [-0.15, -0.1) is 0 Å². The number of anilines is 1. The minimum atomic E-state index is -3.94. The van der Waals surface area contributed by atoms with Crippen LogP contribution < -0.4 is 10.1 Å². The Morgan fingerprint density at radius 3 is 2.24 bits per heavy atom. The van der Waals surface area contributed by atoms with Crippen LogP contribution in [0.3, 0.4) is 0 Å². The number of nitrogens with zero attached hydrogens (tertiary/aromatic N) is 1. The number of carbonyl (C=O) groups is 2. The number of ether oxygens (including phenoxy) is 1. The van der Waals surface area contributed by atoms with Crippen molar-refractivity contribution in [2.45, 2.75) is 18.7 Å². The van der Waals surface area contributed by atoms with Gasteiger partial charge in [-0.05, 0) is 56.3 Å². The van der Waals surface area contributed by atoms with E-state index in [1.165, 1.54) is 44.3 Å². The van der Waals surface area contributed by atoms with Crippen molar-refractivity contribution in [1.29, 1.82) is 0 Å². The van der Waals surface area contributed by atoms with E-state index in [0.29, 0.717) is 27.8 Å². The van der Waals surface area contributed by atoms with Gasteiger partial charge in [-0.25, -0.2) is 8.42 Å². The summed E-state index contributed by atoms with van der Waals surface area (Å²) in [5, 5.41) is 3.04. The number of ketones is 1. The van der Waals surface area contributed by atoms with Crippen LogP contribution in [-0.4, -0.2) is 38.0 Å². The molecule has 3 rings (SSSR count). The smallest absolute Gasteiger partial charge is 0.243 e. The second-order valence-electron chi connectivity index (χ2n) is 7.45. The van der Waals surface area contributed by atoms with Gasteiger partial charge in [-0.1, -0.05) is 41.4 Å². The first kappa shape index (κ1) is 24.4. The van der Waals surface area contributed by atoms with Crippen molar-refractivity contribution in [2.24, 2.45) is 0 Å². The topological polar surface area (TPSA) is 92.8 Å². The summed E-state index contributed by atoms with van der Waals surface area (Å²) < 4.78 is 32.4. The minimum absolute atomic E-state index is 0.0195. The fourth-order valence-corrected chi connectivity index (χ4v) is 4.24. The summed E-state index contributed by atoms with van der Waals surface area (Å²) in [6.45, 7) is 2.92. The lowest BCUT2D eigenvalue weighted by atomic mass is 10.2. The molecule has 33 heavy (non-hydrogen) atoms. The third-order valence-electron chi connectivity index (χ3n) is 4.80. The zero-order chi connectivity index (χ0) is 24.2. The molecule has 0 radical (unpaired) electrons. The fraction of sp³-hybridized carbons (Fsp3) is 0.167. The summed E-state index contributed by atoms with van der Waals surface area (Å²) >= 11 is 6.08. The van der Waals surface area contributed by atoms with Gasteiger partial charge in [0.2, 0.25) is 15.9 Å². The Morgan fingerprint density at radius 2 is 1.64 bits per heavy atom. The number of hydrogen-bond donors (Lipinski definition) is 1. The summed E-state index contributed by atoms with van der Waals surface area (Å²) in [5.74, 6) is 0.198. The minimum Gasteiger partial charge on any atom is -0.455 e. The number of likely N-dealkylation sites (N-methyl/N-ethyl adjacent to an activating group) is 1. The van der Waals surface area contributed by atoms with Gasteiger partial charge in [0.05, 0.1) is 17.1 Å². The third-order valence-corrected chi connectivity index (χ3v) is 6.85. The highest BCUT2D eigenvalue weighted by atomic mass is 35.5. The van der Waals surface area contributed by atoms with E-state index in [2.05, 4.69) is 5.32 Å². The van der Waals surface area contributed by atoms with Gasteiger partial charge in [0.1, 0.15) is 5.75 Å². The lowest BCUT2D eigenvalue weighted by Gasteiger charge is -2.18. The molecule has 0 bridgehead atoms. The van der Waals surface area contributed by atoms with Crippen LogP contribution in [0.4, 0.5) is 5.69 Å². The molecule has 0 spiro atoms. The van der Waals surface area contributed by atoms with Crippen LogP contribution in [-0.2, 0) is 14.8 Å². The average Bonchev–Trinajstić information content (AvgIpc) is 2.77. The van der Waals surface area contributed by atoms with Crippen molar-refractivity contribution in [3.63, 3.8) is 0 Å². The zero-order valence-electron chi connectivity index (χ0n) is 18.3. The number of sulfonamides is 1. The van der Waals surface area contributed by atoms with Gasteiger partial charge in [-0.3, -0.25) is 9.59 Å². The van der Waals surface area contributed by atoms with Crippen molar-refractivity contribution in [3.05, 3.63) is 82.9 Å². The largest absolute Gasteiger partial charge is 0.455 e. The number of rotatable bonds is 8. The van der Waals surface area contributed by atoms with E-state index in [9.17, 15) is 18.0 Å². The molecule has 0 atom stereocenters. The van der Waals surface area contributed by atoms with Crippen LogP contribution in [0.2, 0.25) is 5.02 Å². The first-order valence-corrected chi connectivity index (χ1v) is 11.8. The van der Waals surface area contributed by atoms with Crippen LogP contribution in [0.25, 0.3) is 0 Å². The van der Waals surface area contributed by atoms with Gasteiger partial charge in [-0.2, -0.15) is 4.31 Å². The normalized spacial score (nSPS) is 11.3. The van der Waals surface area contributed by atoms with Gasteiger partial charge >= 0.3 is 0 Å². The molecule has 0 aliphatic rings. The van der Waals surface area contributed by atoms with Crippen LogP contribution in [0.1, 0.15) is 22.8 Å². The van der Waals surface area contributed by atoms with Gasteiger partial charge in [0.15, 0.2) is 11.5 Å². The molecule has 3 aromatic carbocycles. The van der Waals surface area contributed by atoms with Gasteiger partial charge < -0.3 is 10.1 Å². The number of aryl methyl sites for hydroxylation is 1. The van der Waals surface area contributed by atoms with E-state index in [0.717, 1.165) is 9.87 Å². The number of halogens is 1. The molecular formula is C24H23ClN2O5S. The first-order chi connectivity index (χ1) is 15.6. The summed E-state index contributed by atoms with van der Waals surface area (Å²) in [6.07, 6.45) is 0. The third kappa shape index (κ3) is 6.19. The van der Waals surface area contributed by atoms with Gasteiger partial charge in [0, 0.05) is 17.6 Å². The summed E-state index contributed by atoms with van der Waals surface area (Å²) in [7, 11) is -2.63. The predicted octanol–water partition coefficient (Wildman–Crippen LogP) is 4.90. The maximum atomic E-state index is 12.8. The van der Waals surface area contributed by atoms with E-state index in [4.69, 9.17) is 16.3 Å². The SMILES string of the molecule is CC(=O)c1ccc(S(=O)(=O)N(C)CC(=O)Nc2cc(Cl)ccc2Oc2ccc(C)cc2)cc1. The molecule has 0 heterocycles. The highest BCUT2D eigenvalue weighted by Crippen LogP contribution is 2.32. The van der Waals surface area contributed by atoms with Crippen LogP contribution in [0, 0.1) is 6.92 Å². The Labute approximate surface area is 198 Å². The molecule has 1 amide bonds. The van der Waals surface area contributed by atoms with E-state index < -0.39 is 22.5 Å². The Balaban J connectivity index is 1.73. The van der Waals surface area contributed by atoms with E-state index in [1.807, 2.05) is 19.1 Å². The maximum Gasteiger partial charge on any atom is 0.243 e. The molecule has 172 valence electrons. The van der Waals surface area contributed by atoms with Crippen LogP contribution in [0.15, 0.2) is 71.6 Å². The quantitative estimate of drug-likeness (QED) is 0.457. The Hall–Kier alpha value is -3.20. The first-order valence-electron chi connectivity index (χ1n) is 9.97. The monoisotopic (exact) mass is 486 g/mol. The number of amides is 1. The molecule has 0 saturated heterocycles. The molecule has 1 N–H and O–H groups in total. The standard InChI is InChI=1S/C24H23ClN2O5S/c1-16-4-9-20(10-5-16)32-23-13-8-19(25)14-22(23)26-24(29)15-27(3)33(30,31)21-11-6-18(7-12-21)17(2)28/h4-14H,15H2,1-3H3,(H,26,29). The predicted molar refractivity (Wildman–Crippen MR) is 128 cm³/mol. The van der Waals surface area contributed by atoms with Gasteiger partial charge in [0.25, 0.3) is 0 Å². The maximum absolute atomic E-state index is 12.8. The van der Waals surface area contributed by atoms with E-state index in [-0.39, 0.29) is 10.7 Å². The molecule has 0 aliphatic heterocycles.